The summed E-state index contributed by atoms with van der Waals surface area (Å²) in [5.74, 6) is -0.199. The molecule has 3 heteroatoms. The molecule has 2 rings (SSSR count). The predicted octanol–water partition coefficient (Wildman–Crippen LogP) is 1.39. The lowest BCUT2D eigenvalue weighted by molar-refractivity contribution is 0.175. The van der Waals surface area contributed by atoms with Gasteiger partial charge >= 0.3 is 0 Å². The fourth-order valence-electron chi connectivity index (χ4n) is 1.80. The molecule has 1 atom stereocenters. The van der Waals surface area contributed by atoms with E-state index in [1.165, 1.54) is 12.1 Å². The second-order valence-electron chi connectivity index (χ2n) is 3.80. The lowest BCUT2D eigenvalue weighted by Gasteiger charge is -2.14. The number of benzene rings is 1. The molecule has 76 valence electrons. The smallest absolute Gasteiger partial charge is 0.123 e. The third-order valence-electron chi connectivity index (χ3n) is 2.57. The van der Waals surface area contributed by atoms with Gasteiger partial charge in [0.25, 0.3) is 0 Å². The van der Waals surface area contributed by atoms with Gasteiger partial charge in [0.15, 0.2) is 0 Å². The molecule has 14 heavy (non-hydrogen) atoms. The van der Waals surface area contributed by atoms with Crippen LogP contribution in [0.3, 0.4) is 0 Å². The SMILES string of the molecule is O[C@H]1CCN(Cc2ccc(F)cc2)C1. The van der Waals surface area contributed by atoms with Gasteiger partial charge in [-0.15, -0.1) is 0 Å². The number of hydrogen-bond donors (Lipinski definition) is 1. The summed E-state index contributed by atoms with van der Waals surface area (Å²) in [6.07, 6.45) is 0.664. The van der Waals surface area contributed by atoms with Gasteiger partial charge in [0.1, 0.15) is 5.82 Å². The van der Waals surface area contributed by atoms with Crippen molar-refractivity contribution < 1.29 is 9.50 Å². The zero-order valence-corrected chi connectivity index (χ0v) is 7.99. The van der Waals surface area contributed by atoms with Gasteiger partial charge in [-0.3, -0.25) is 4.90 Å². The minimum absolute atomic E-state index is 0.185. The summed E-state index contributed by atoms with van der Waals surface area (Å²) < 4.78 is 12.6. The van der Waals surface area contributed by atoms with E-state index in [2.05, 4.69) is 4.90 Å². The molecule has 1 N–H and O–H groups in total. The van der Waals surface area contributed by atoms with Crippen molar-refractivity contribution in [3.05, 3.63) is 35.6 Å². The van der Waals surface area contributed by atoms with Crippen molar-refractivity contribution in [1.82, 2.24) is 4.90 Å². The summed E-state index contributed by atoms with van der Waals surface area (Å²) in [5, 5.41) is 9.32. The van der Waals surface area contributed by atoms with Crippen LogP contribution in [0.5, 0.6) is 0 Å². The molecule has 1 aromatic rings. The number of halogens is 1. The first-order valence-electron chi connectivity index (χ1n) is 4.89. The zero-order chi connectivity index (χ0) is 9.97. The molecule has 0 aliphatic carbocycles. The van der Waals surface area contributed by atoms with Gasteiger partial charge in [-0.1, -0.05) is 12.1 Å². The van der Waals surface area contributed by atoms with Crippen LogP contribution in [0, 0.1) is 5.82 Å². The van der Waals surface area contributed by atoms with Crippen molar-refractivity contribution in [2.45, 2.75) is 19.1 Å². The topological polar surface area (TPSA) is 23.5 Å². The molecule has 0 radical (unpaired) electrons. The quantitative estimate of drug-likeness (QED) is 0.771. The molecule has 0 unspecified atom stereocenters. The molecule has 1 fully saturated rings. The molecule has 0 bridgehead atoms. The maximum Gasteiger partial charge on any atom is 0.123 e. The molecular formula is C11H14FNO. The molecule has 0 amide bonds. The van der Waals surface area contributed by atoms with Crippen LogP contribution in [0.25, 0.3) is 0 Å². The van der Waals surface area contributed by atoms with Crippen molar-refractivity contribution in [2.75, 3.05) is 13.1 Å². The highest BCUT2D eigenvalue weighted by molar-refractivity contribution is 5.16. The number of aliphatic hydroxyl groups is 1. The van der Waals surface area contributed by atoms with Gasteiger partial charge in [-0.25, -0.2) is 4.39 Å². The lowest BCUT2D eigenvalue weighted by atomic mass is 10.2. The highest BCUT2D eigenvalue weighted by Crippen LogP contribution is 2.13. The molecule has 1 aliphatic rings. The standard InChI is InChI=1S/C11H14FNO/c12-10-3-1-9(2-4-10)7-13-6-5-11(14)8-13/h1-4,11,14H,5-8H2/t11-/m0/s1. The minimum atomic E-state index is -0.199. The third kappa shape index (κ3) is 2.30. The van der Waals surface area contributed by atoms with Gasteiger partial charge in [0.05, 0.1) is 6.10 Å². The average molecular weight is 195 g/mol. The Labute approximate surface area is 83.0 Å². The molecule has 0 spiro atoms. The Balaban J connectivity index is 1.94. The predicted molar refractivity (Wildman–Crippen MR) is 52.3 cm³/mol. The summed E-state index contributed by atoms with van der Waals surface area (Å²) >= 11 is 0. The lowest BCUT2D eigenvalue weighted by Crippen LogP contribution is -2.21. The van der Waals surface area contributed by atoms with Crippen molar-refractivity contribution in [2.24, 2.45) is 0 Å². The number of likely N-dealkylation sites (tertiary alicyclic amines) is 1. The van der Waals surface area contributed by atoms with Crippen LogP contribution in [-0.2, 0) is 6.54 Å². The number of nitrogens with zero attached hydrogens (tertiary/aromatic N) is 1. The maximum absolute atomic E-state index is 12.6. The van der Waals surface area contributed by atoms with E-state index in [9.17, 15) is 9.50 Å². The number of β-amino-alcohol motifs (C(OH)–C–C–N with tert-alkyl or cyclic N) is 1. The van der Waals surface area contributed by atoms with Crippen molar-refractivity contribution in [3.63, 3.8) is 0 Å². The monoisotopic (exact) mass is 195 g/mol. The second-order valence-corrected chi connectivity index (χ2v) is 3.80. The second kappa shape index (κ2) is 4.07. The molecule has 1 aromatic carbocycles. The van der Waals surface area contributed by atoms with E-state index in [4.69, 9.17) is 0 Å². The third-order valence-corrected chi connectivity index (χ3v) is 2.57. The van der Waals surface area contributed by atoms with Crippen LogP contribution < -0.4 is 0 Å². The number of aliphatic hydroxyl groups excluding tert-OH is 1. The molecule has 1 saturated heterocycles. The van der Waals surface area contributed by atoms with E-state index in [1.807, 2.05) is 0 Å². The van der Waals surface area contributed by atoms with Crippen LogP contribution in [0.1, 0.15) is 12.0 Å². The van der Waals surface area contributed by atoms with Gasteiger partial charge < -0.3 is 5.11 Å². The Kier molecular flexibility index (Phi) is 2.79. The van der Waals surface area contributed by atoms with Crippen LogP contribution in [0.15, 0.2) is 24.3 Å². The van der Waals surface area contributed by atoms with E-state index in [1.54, 1.807) is 12.1 Å². The van der Waals surface area contributed by atoms with Crippen LogP contribution in [-0.4, -0.2) is 29.2 Å². The summed E-state index contributed by atoms with van der Waals surface area (Å²) in [7, 11) is 0. The van der Waals surface area contributed by atoms with Gasteiger partial charge in [0, 0.05) is 19.6 Å². The van der Waals surface area contributed by atoms with Gasteiger partial charge in [-0.05, 0) is 24.1 Å². The molecule has 2 nitrogen and oxygen atoms in total. The van der Waals surface area contributed by atoms with Gasteiger partial charge in [-0.2, -0.15) is 0 Å². The molecule has 0 saturated carbocycles. The fourth-order valence-corrected chi connectivity index (χ4v) is 1.80. The Morgan fingerprint density at radius 2 is 2.07 bits per heavy atom. The largest absolute Gasteiger partial charge is 0.392 e. The Morgan fingerprint density at radius 3 is 2.64 bits per heavy atom. The fraction of sp³-hybridized carbons (Fsp3) is 0.455. The number of rotatable bonds is 2. The highest BCUT2D eigenvalue weighted by atomic mass is 19.1. The Morgan fingerprint density at radius 1 is 1.36 bits per heavy atom. The first-order valence-corrected chi connectivity index (χ1v) is 4.89. The molecule has 0 aromatic heterocycles. The molecular weight excluding hydrogens is 181 g/mol. The highest BCUT2D eigenvalue weighted by Gasteiger charge is 2.19. The Hall–Kier alpha value is -0.930. The summed E-state index contributed by atoms with van der Waals surface area (Å²) in [6, 6.07) is 6.53. The molecule has 1 aliphatic heterocycles. The van der Waals surface area contributed by atoms with Crippen LogP contribution in [0.4, 0.5) is 4.39 Å². The van der Waals surface area contributed by atoms with E-state index in [0.717, 1.165) is 31.6 Å². The van der Waals surface area contributed by atoms with E-state index >= 15 is 0 Å². The van der Waals surface area contributed by atoms with E-state index < -0.39 is 0 Å². The summed E-state index contributed by atoms with van der Waals surface area (Å²) in [4.78, 5) is 2.18. The van der Waals surface area contributed by atoms with Crippen molar-refractivity contribution in [1.29, 1.82) is 0 Å². The van der Waals surface area contributed by atoms with Crippen LogP contribution >= 0.6 is 0 Å². The van der Waals surface area contributed by atoms with Crippen LogP contribution in [0.2, 0.25) is 0 Å². The maximum atomic E-state index is 12.6. The number of hydrogen-bond acceptors (Lipinski definition) is 2. The zero-order valence-electron chi connectivity index (χ0n) is 7.99. The normalized spacial score (nSPS) is 22.9. The molecule has 1 heterocycles. The van der Waals surface area contributed by atoms with E-state index in [0.29, 0.717) is 0 Å². The average Bonchev–Trinajstić information content (AvgIpc) is 2.56. The Bertz CT molecular complexity index is 299. The summed E-state index contributed by atoms with van der Waals surface area (Å²) in [6.45, 7) is 2.47. The van der Waals surface area contributed by atoms with Crippen molar-refractivity contribution >= 4 is 0 Å². The van der Waals surface area contributed by atoms with Crippen molar-refractivity contribution in [3.8, 4) is 0 Å². The summed E-state index contributed by atoms with van der Waals surface area (Å²) in [5.41, 5.74) is 1.10. The van der Waals surface area contributed by atoms with E-state index in [-0.39, 0.29) is 11.9 Å². The first kappa shape index (κ1) is 9.62. The minimum Gasteiger partial charge on any atom is -0.392 e. The first-order chi connectivity index (χ1) is 6.74. The van der Waals surface area contributed by atoms with Gasteiger partial charge in [0.2, 0.25) is 0 Å².